The molecular weight excluding hydrogens is 473 g/mol. The summed E-state index contributed by atoms with van der Waals surface area (Å²) in [5.41, 5.74) is 1.90. The number of nitrogens with zero attached hydrogens (tertiary/aromatic N) is 2. The fourth-order valence-electron chi connectivity index (χ4n) is 3.39. The third-order valence-corrected chi connectivity index (χ3v) is 5.21. The number of aryl methyl sites for hydroxylation is 1. The van der Waals surface area contributed by atoms with Crippen LogP contribution in [0.1, 0.15) is 33.3 Å². The van der Waals surface area contributed by atoms with E-state index in [1.54, 1.807) is 36.7 Å². The second kappa shape index (κ2) is 9.61. The molecule has 0 aliphatic rings. The molecule has 1 N–H and O–H groups in total. The van der Waals surface area contributed by atoms with Crippen molar-refractivity contribution in [2.24, 2.45) is 0 Å². The van der Waals surface area contributed by atoms with Crippen molar-refractivity contribution in [3.63, 3.8) is 0 Å². The molecule has 4 rings (SSSR count). The van der Waals surface area contributed by atoms with E-state index in [1.807, 2.05) is 0 Å². The highest BCUT2D eigenvalue weighted by molar-refractivity contribution is 6.02. The molecule has 0 bridgehead atoms. The van der Waals surface area contributed by atoms with Gasteiger partial charge in [0.25, 0.3) is 5.91 Å². The monoisotopic (exact) mass is 491 g/mol. The van der Waals surface area contributed by atoms with E-state index in [4.69, 9.17) is 9.15 Å². The van der Waals surface area contributed by atoms with Gasteiger partial charge in [0, 0.05) is 11.6 Å². The molecule has 0 spiro atoms. The van der Waals surface area contributed by atoms with E-state index < -0.39 is 41.5 Å². The second-order valence-electron chi connectivity index (χ2n) is 7.60. The minimum atomic E-state index is -1.69. The first-order valence-corrected chi connectivity index (χ1v) is 10.3. The zero-order valence-electron chi connectivity index (χ0n) is 18.5. The molecule has 0 fully saturated rings. The van der Waals surface area contributed by atoms with Gasteiger partial charge in [-0.05, 0) is 32.0 Å². The molecule has 11 heteroatoms. The number of halogens is 5. The summed E-state index contributed by atoms with van der Waals surface area (Å²) in [4.78, 5) is 12.7. The summed E-state index contributed by atoms with van der Waals surface area (Å²) in [6.45, 7) is 2.94. The zero-order chi connectivity index (χ0) is 25.3. The molecule has 4 aromatic rings. The Bertz CT molecular complexity index is 1390. The number of furan rings is 1. The average Bonchev–Trinajstić information content (AvgIpc) is 3.40. The number of rotatable bonds is 7. The van der Waals surface area contributed by atoms with Crippen LogP contribution in [0.2, 0.25) is 0 Å². The number of ether oxygens (including phenoxy) is 1. The maximum Gasteiger partial charge on any atom is 0.291 e. The van der Waals surface area contributed by atoms with E-state index in [2.05, 4.69) is 10.4 Å². The first-order chi connectivity index (χ1) is 16.7. The molecule has 35 heavy (non-hydrogen) atoms. The Hall–Kier alpha value is -4.15. The lowest BCUT2D eigenvalue weighted by Gasteiger charge is -2.08. The number of hydrogen-bond donors (Lipinski definition) is 1. The topological polar surface area (TPSA) is 69.3 Å². The largest absolute Gasteiger partial charge is 0.479 e. The fourth-order valence-corrected chi connectivity index (χ4v) is 3.39. The predicted octanol–water partition coefficient (Wildman–Crippen LogP) is 5.67. The van der Waals surface area contributed by atoms with Crippen molar-refractivity contribution in [2.45, 2.75) is 27.0 Å². The van der Waals surface area contributed by atoms with Gasteiger partial charge in [-0.1, -0.05) is 18.2 Å². The van der Waals surface area contributed by atoms with Crippen molar-refractivity contribution < 1.29 is 35.9 Å². The van der Waals surface area contributed by atoms with Crippen LogP contribution in [-0.2, 0) is 13.2 Å². The van der Waals surface area contributed by atoms with Gasteiger partial charge < -0.3 is 14.5 Å². The molecule has 2 aromatic heterocycles. The molecule has 0 saturated heterocycles. The number of anilines is 1. The zero-order valence-corrected chi connectivity index (χ0v) is 18.5. The van der Waals surface area contributed by atoms with Gasteiger partial charge in [0.15, 0.2) is 23.1 Å². The molecule has 2 heterocycles. The van der Waals surface area contributed by atoms with E-state index in [0.29, 0.717) is 22.6 Å². The van der Waals surface area contributed by atoms with E-state index in [1.165, 1.54) is 18.2 Å². The number of nitrogens with one attached hydrogen (secondary N) is 1. The molecule has 6 nitrogen and oxygen atoms in total. The Morgan fingerprint density at radius 2 is 1.69 bits per heavy atom. The van der Waals surface area contributed by atoms with E-state index in [9.17, 15) is 26.7 Å². The lowest BCUT2D eigenvalue weighted by Crippen LogP contribution is -2.13. The Labute approximate surface area is 195 Å². The quantitative estimate of drug-likeness (QED) is 0.267. The third kappa shape index (κ3) is 4.88. The van der Waals surface area contributed by atoms with Crippen LogP contribution in [0.3, 0.4) is 0 Å². The van der Waals surface area contributed by atoms with Crippen molar-refractivity contribution in [1.29, 1.82) is 0 Å². The van der Waals surface area contributed by atoms with E-state index >= 15 is 0 Å². The van der Waals surface area contributed by atoms with Crippen LogP contribution in [-0.4, -0.2) is 15.7 Å². The van der Waals surface area contributed by atoms with E-state index in [-0.39, 0.29) is 29.9 Å². The number of carbonyl (C=O) groups is 1. The third-order valence-electron chi connectivity index (χ3n) is 5.21. The van der Waals surface area contributed by atoms with Crippen LogP contribution in [0.25, 0.3) is 0 Å². The van der Waals surface area contributed by atoms with Crippen LogP contribution in [0, 0.1) is 42.9 Å². The first kappa shape index (κ1) is 24.0. The Kier molecular flexibility index (Phi) is 6.59. The van der Waals surface area contributed by atoms with E-state index in [0.717, 1.165) is 0 Å². The Balaban J connectivity index is 1.45. The highest BCUT2D eigenvalue weighted by Gasteiger charge is 2.22. The van der Waals surface area contributed by atoms with Crippen molar-refractivity contribution in [3.8, 4) is 5.75 Å². The SMILES string of the molecule is Cc1nn(Cc2ccccc2F)c(C)c1NC(=O)c1ccc(COc2c(F)c(F)cc(F)c2F)o1. The van der Waals surface area contributed by atoms with Crippen LogP contribution in [0.5, 0.6) is 5.75 Å². The standard InChI is InChI=1S/C24H18F5N3O3/c1-12-22(13(2)32(31-12)10-14-5-3-4-6-16(14)25)30-24(33)19-8-7-15(35-19)11-34-23-20(28)17(26)9-18(27)21(23)29/h3-9H,10-11H2,1-2H3,(H,30,33). The lowest BCUT2D eigenvalue weighted by molar-refractivity contribution is 0.0992. The summed E-state index contributed by atoms with van der Waals surface area (Å²) in [6, 6.07) is 8.93. The highest BCUT2D eigenvalue weighted by Crippen LogP contribution is 2.28. The first-order valence-electron chi connectivity index (χ1n) is 10.3. The van der Waals surface area contributed by atoms with Gasteiger partial charge in [0.1, 0.15) is 18.2 Å². The predicted molar refractivity (Wildman–Crippen MR) is 114 cm³/mol. The Morgan fingerprint density at radius 1 is 1.00 bits per heavy atom. The van der Waals surface area contributed by atoms with Gasteiger partial charge >= 0.3 is 0 Å². The number of aromatic nitrogens is 2. The van der Waals surface area contributed by atoms with Gasteiger partial charge in [-0.25, -0.2) is 13.2 Å². The molecule has 0 unspecified atom stereocenters. The summed E-state index contributed by atoms with van der Waals surface area (Å²) in [6.07, 6.45) is 0. The summed E-state index contributed by atoms with van der Waals surface area (Å²) in [5.74, 6) is -9.05. The summed E-state index contributed by atoms with van der Waals surface area (Å²) < 4.78 is 79.8. The lowest BCUT2D eigenvalue weighted by atomic mass is 10.2. The van der Waals surface area contributed by atoms with Crippen LogP contribution < -0.4 is 10.1 Å². The van der Waals surface area contributed by atoms with Crippen LogP contribution in [0.4, 0.5) is 27.6 Å². The molecule has 2 aromatic carbocycles. The van der Waals surface area contributed by atoms with Gasteiger partial charge in [0.05, 0.1) is 23.6 Å². The average molecular weight is 491 g/mol. The second-order valence-corrected chi connectivity index (χ2v) is 7.60. The summed E-state index contributed by atoms with van der Waals surface area (Å²) in [5, 5.41) is 7.01. The maximum absolute atomic E-state index is 14.0. The van der Waals surface area contributed by atoms with Crippen molar-refractivity contribution in [1.82, 2.24) is 9.78 Å². The summed E-state index contributed by atoms with van der Waals surface area (Å²) >= 11 is 0. The molecule has 1 amide bonds. The minimum absolute atomic E-state index is 0.0256. The smallest absolute Gasteiger partial charge is 0.291 e. The normalized spacial score (nSPS) is 11.1. The molecule has 0 aliphatic carbocycles. The highest BCUT2D eigenvalue weighted by atomic mass is 19.2. The number of amides is 1. The van der Waals surface area contributed by atoms with Crippen LogP contribution in [0.15, 0.2) is 46.9 Å². The van der Waals surface area contributed by atoms with Gasteiger partial charge in [0.2, 0.25) is 11.6 Å². The van der Waals surface area contributed by atoms with Crippen molar-refractivity contribution >= 4 is 11.6 Å². The maximum atomic E-state index is 14.0. The molecule has 0 radical (unpaired) electrons. The van der Waals surface area contributed by atoms with Gasteiger partial charge in [-0.2, -0.15) is 13.9 Å². The van der Waals surface area contributed by atoms with Crippen molar-refractivity contribution in [2.75, 3.05) is 5.32 Å². The minimum Gasteiger partial charge on any atom is -0.479 e. The molecule has 182 valence electrons. The van der Waals surface area contributed by atoms with Crippen molar-refractivity contribution in [3.05, 3.63) is 100 Å². The fraction of sp³-hybridized carbons (Fsp3) is 0.167. The number of benzene rings is 2. The summed E-state index contributed by atoms with van der Waals surface area (Å²) in [7, 11) is 0. The molecule has 0 atom stereocenters. The van der Waals surface area contributed by atoms with Gasteiger partial charge in [-0.3, -0.25) is 9.48 Å². The molecule has 0 saturated carbocycles. The Morgan fingerprint density at radius 3 is 2.37 bits per heavy atom. The van der Waals surface area contributed by atoms with Gasteiger partial charge in [-0.15, -0.1) is 0 Å². The number of carbonyl (C=O) groups excluding carboxylic acids is 1. The van der Waals surface area contributed by atoms with Crippen LogP contribution >= 0.6 is 0 Å². The molecular formula is C24H18F5N3O3. The number of hydrogen-bond acceptors (Lipinski definition) is 4. The molecule has 0 aliphatic heterocycles.